The van der Waals surface area contributed by atoms with Crippen LogP contribution in [-0.4, -0.2) is 39.1 Å². The van der Waals surface area contributed by atoms with Crippen molar-refractivity contribution in [3.05, 3.63) is 23.0 Å². The normalized spacial score (nSPS) is 17.5. The molecule has 0 amide bonds. The van der Waals surface area contributed by atoms with Gasteiger partial charge < -0.3 is 10.0 Å². The first-order valence-electron chi connectivity index (χ1n) is 6.96. The van der Waals surface area contributed by atoms with Gasteiger partial charge in [-0.1, -0.05) is 0 Å². The van der Waals surface area contributed by atoms with Crippen molar-refractivity contribution >= 4 is 16.3 Å². The molecule has 5 heteroatoms. The lowest BCUT2D eigenvalue weighted by molar-refractivity contribution is 0.162. The van der Waals surface area contributed by atoms with Crippen molar-refractivity contribution in [2.24, 2.45) is 0 Å². The molecule has 2 aromatic heterocycles. The van der Waals surface area contributed by atoms with Crippen molar-refractivity contribution in [2.75, 3.05) is 13.6 Å². The molecule has 104 valence electrons. The Labute approximate surface area is 117 Å². The number of aliphatic hydroxyl groups excluding tert-OH is 1. The van der Waals surface area contributed by atoms with Gasteiger partial charge in [-0.2, -0.15) is 0 Å². The first-order valence-corrected chi connectivity index (χ1v) is 7.84. The molecule has 1 N–H and O–H groups in total. The van der Waals surface area contributed by atoms with Crippen LogP contribution in [0.1, 0.15) is 43.5 Å². The van der Waals surface area contributed by atoms with Crippen molar-refractivity contribution in [3.63, 3.8) is 0 Å². The summed E-state index contributed by atoms with van der Waals surface area (Å²) >= 11 is 1.71. The van der Waals surface area contributed by atoms with Crippen molar-refractivity contribution in [2.45, 2.75) is 44.8 Å². The SMILES string of the molecule is CC(O)CCN(C)Cc1c(C2CC2)nc2sccn12. The number of aromatic nitrogens is 2. The van der Waals surface area contributed by atoms with Gasteiger partial charge >= 0.3 is 0 Å². The van der Waals surface area contributed by atoms with Gasteiger partial charge in [0, 0.05) is 30.6 Å². The van der Waals surface area contributed by atoms with Crippen molar-refractivity contribution in [3.8, 4) is 0 Å². The molecule has 1 aliphatic carbocycles. The third-order valence-electron chi connectivity index (χ3n) is 3.70. The van der Waals surface area contributed by atoms with Gasteiger partial charge in [0.2, 0.25) is 0 Å². The molecule has 1 unspecified atom stereocenters. The van der Waals surface area contributed by atoms with E-state index in [1.165, 1.54) is 24.2 Å². The number of rotatable bonds is 6. The monoisotopic (exact) mass is 279 g/mol. The average Bonchev–Trinajstić information content (AvgIpc) is 3.01. The lowest BCUT2D eigenvalue weighted by atomic mass is 10.2. The molecule has 1 aliphatic rings. The Bertz CT molecular complexity index is 556. The predicted molar refractivity (Wildman–Crippen MR) is 77.7 cm³/mol. The van der Waals surface area contributed by atoms with Crippen LogP contribution in [0.2, 0.25) is 0 Å². The summed E-state index contributed by atoms with van der Waals surface area (Å²) in [6.45, 7) is 3.68. The van der Waals surface area contributed by atoms with E-state index in [0.717, 1.165) is 24.5 Å². The molecular weight excluding hydrogens is 258 g/mol. The molecule has 0 radical (unpaired) electrons. The summed E-state index contributed by atoms with van der Waals surface area (Å²) in [5.74, 6) is 0.687. The molecule has 19 heavy (non-hydrogen) atoms. The van der Waals surface area contributed by atoms with E-state index in [4.69, 9.17) is 4.98 Å². The van der Waals surface area contributed by atoms with E-state index < -0.39 is 0 Å². The molecule has 2 aromatic rings. The van der Waals surface area contributed by atoms with Crippen molar-refractivity contribution in [1.82, 2.24) is 14.3 Å². The third kappa shape index (κ3) is 2.83. The van der Waals surface area contributed by atoms with E-state index >= 15 is 0 Å². The maximum absolute atomic E-state index is 9.38. The highest BCUT2D eigenvalue weighted by Crippen LogP contribution is 2.42. The Balaban J connectivity index is 1.78. The molecule has 2 heterocycles. The van der Waals surface area contributed by atoms with Gasteiger partial charge in [0.25, 0.3) is 0 Å². The summed E-state index contributed by atoms with van der Waals surface area (Å²) < 4.78 is 2.23. The largest absolute Gasteiger partial charge is 0.393 e. The number of nitrogens with zero attached hydrogens (tertiary/aromatic N) is 3. The van der Waals surface area contributed by atoms with Crippen molar-refractivity contribution < 1.29 is 5.11 Å². The summed E-state index contributed by atoms with van der Waals surface area (Å²) in [6.07, 6.45) is 5.29. The first-order chi connectivity index (χ1) is 9.15. The predicted octanol–water partition coefficient (Wildman–Crippen LogP) is 2.48. The molecule has 0 spiro atoms. The second-order valence-corrected chi connectivity index (χ2v) is 6.52. The second-order valence-electron chi connectivity index (χ2n) is 5.65. The van der Waals surface area contributed by atoms with Gasteiger partial charge in [-0.15, -0.1) is 11.3 Å². The fourth-order valence-electron chi connectivity index (χ4n) is 2.43. The van der Waals surface area contributed by atoms with Crippen LogP contribution in [0.5, 0.6) is 0 Å². The number of fused-ring (bicyclic) bond motifs is 1. The zero-order valence-electron chi connectivity index (χ0n) is 11.5. The van der Waals surface area contributed by atoms with Gasteiger partial charge in [-0.25, -0.2) is 4.98 Å². The minimum atomic E-state index is -0.225. The Hall–Kier alpha value is -0.910. The Morgan fingerprint density at radius 2 is 2.37 bits per heavy atom. The summed E-state index contributed by atoms with van der Waals surface area (Å²) in [5.41, 5.74) is 2.64. The molecule has 0 saturated heterocycles. The summed E-state index contributed by atoms with van der Waals surface area (Å²) in [6, 6.07) is 0. The van der Waals surface area contributed by atoms with Crippen LogP contribution in [0.3, 0.4) is 0 Å². The van der Waals surface area contributed by atoms with Gasteiger partial charge in [-0.05, 0) is 33.2 Å². The van der Waals surface area contributed by atoms with E-state index in [0.29, 0.717) is 5.92 Å². The minimum Gasteiger partial charge on any atom is -0.393 e. The molecule has 0 aliphatic heterocycles. The molecule has 1 atom stereocenters. The van der Waals surface area contributed by atoms with Crippen LogP contribution < -0.4 is 0 Å². The minimum absolute atomic E-state index is 0.225. The Kier molecular flexibility index (Phi) is 3.60. The fourth-order valence-corrected chi connectivity index (χ4v) is 3.17. The highest BCUT2D eigenvalue weighted by atomic mass is 32.1. The molecule has 4 nitrogen and oxygen atoms in total. The van der Waals surface area contributed by atoms with E-state index in [1.54, 1.807) is 11.3 Å². The lowest BCUT2D eigenvalue weighted by Crippen LogP contribution is -2.23. The van der Waals surface area contributed by atoms with E-state index in [-0.39, 0.29) is 6.10 Å². The van der Waals surface area contributed by atoms with Crippen LogP contribution >= 0.6 is 11.3 Å². The van der Waals surface area contributed by atoms with Crippen molar-refractivity contribution in [1.29, 1.82) is 0 Å². The second kappa shape index (κ2) is 5.23. The van der Waals surface area contributed by atoms with E-state index in [9.17, 15) is 5.11 Å². The smallest absolute Gasteiger partial charge is 0.194 e. The first kappa shape index (κ1) is 13.1. The number of hydrogen-bond donors (Lipinski definition) is 1. The summed E-state index contributed by atoms with van der Waals surface area (Å²) in [5, 5.41) is 11.5. The summed E-state index contributed by atoms with van der Waals surface area (Å²) in [7, 11) is 2.12. The molecule has 1 saturated carbocycles. The topological polar surface area (TPSA) is 40.8 Å². The number of imidazole rings is 1. The van der Waals surface area contributed by atoms with Crippen LogP contribution in [-0.2, 0) is 6.54 Å². The highest BCUT2D eigenvalue weighted by Gasteiger charge is 2.30. The quantitative estimate of drug-likeness (QED) is 0.883. The van der Waals surface area contributed by atoms with Crippen LogP contribution in [0.25, 0.3) is 4.96 Å². The zero-order chi connectivity index (χ0) is 13.4. The standard InChI is InChI=1S/C14H21N3OS/c1-10(18)5-6-16(2)9-12-13(11-3-4-11)15-14-17(12)7-8-19-14/h7-8,10-11,18H,3-6,9H2,1-2H3. The lowest BCUT2D eigenvalue weighted by Gasteiger charge is -2.17. The van der Waals surface area contributed by atoms with Gasteiger partial charge in [0.15, 0.2) is 4.96 Å². The molecule has 3 rings (SSSR count). The zero-order valence-corrected chi connectivity index (χ0v) is 12.4. The number of thiazole rings is 1. The Morgan fingerprint density at radius 3 is 3.05 bits per heavy atom. The summed E-state index contributed by atoms with van der Waals surface area (Å²) in [4.78, 5) is 8.18. The average molecular weight is 279 g/mol. The highest BCUT2D eigenvalue weighted by molar-refractivity contribution is 7.15. The van der Waals surface area contributed by atoms with Crippen LogP contribution in [0, 0.1) is 0 Å². The van der Waals surface area contributed by atoms with E-state index in [2.05, 4.69) is 27.9 Å². The Morgan fingerprint density at radius 1 is 1.58 bits per heavy atom. The maximum atomic E-state index is 9.38. The van der Waals surface area contributed by atoms with Crippen LogP contribution in [0.15, 0.2) is 11.6 Å². The van der Waals surface area contributed by atoms with E-state index in [1.807, 2.05) is 6.92 Å². The molecular formula is C14H21N3OS. The van der Waals surface area contributed by atoms with Gasteiger partial charge in [-0.3, -0.25) is 4.40 Å². The molecule has 0 aromatic carbocycles. The molecule has 0 bridgehead atoms. The van der Waals surface area contributed by atoms with Gasteiger partial charge in [0.1, 0.15) is 0 Å². The maximum Gasteiger partial charge on any atom is 0.194 e. The number of aliphatic hydroxyl groups is 1. The third-order valence-corrected chi connectivity index (χ3v) is 4.46. The van der Waals surface area contributed by atoms with Gasteiger partial charge in [0.05, 0.1) is 17.5 Å². The number of hydrogen-bond acceptors (Lipinski definition) is 4. The van der Waals surface area contributed by atoms with Crippen LogP contribution in [0.4, 0.5) is 0 Å². The fraction of sp³-hybridized carbons (Fsp3) is 0.643. The molecule has 1 fully saturated rings.